The number of rotatable bonds is 5. The molecule has 6 heteroatoms. The molecule has 6 nitrogen and oxygen atoms in total. The molecule has 2 aliphatic rings. The average Bonchev–Trinajstić information content (AvgIpc) is 3.44. The number of allylic oxidation sites excluding steroid dienone is 1. The Balaban J connectivity index is 0.00000167. The van der Waals surface area contributed by atoms with Crippen LogP contribution in [0.3, 0.4) is 0 Å². The van der Waals surface area contributed by atoms with Gasteiger partial charge in [-0.3, -0.25) is 4.79 Å². The quantitative estimate of drug-likeness (QED) is 0.394. The van der Waals surface area contributed by atoms with Crippen molar-refractivity contribution >= 4 is 11.9 Å². The maximum atomic E-state index is 12.2. The topological polar surface area (TPSA) is 82.1 Å². The number of carbonyl (C=O) groups is 2. The van der Waals surface area contributed by atoms with Crippen LogP contribution >= 0.6 is 0 Å². The van der Waals surface area contributed by atoms with Crippen molar-refractivity contribution in [1.29, 1.82) is 0 Å². The van der Waals surface area contributed by atoms with Crippen LogP contribution in [0.15, 0.2) is 53.6 Å². The van der Waals surface area contributed by atoms with Gasteiger partial charge in [-0.2, -0.15) is 0 Å². The Morgan fingerprint density at radius 3 is 2.37 bits per heavy atom. The number of esters is 2. The summed E-state index contributed by atoms with van der Waals surface area (Å²) in [5.41, 5.74) is 5.87. The number of aliphatic hydroxyl groups excluding tert-OH is 1. The van der Waals surface area contributed by atoms with Crippen LogP contribution in [0.1, 0.15) is 55.4 Å². The molecule has 0 spiro atoms. The maximum Gasteiger partial charge on any atom is 0.334 e. The minimum Gasteiger partial charge on any atom is -0.490 e. The predicted molar refractivity (Wildman–Crippen MR) is 133 cm³/mol. The van der Waals surface area contributed by atoms with Gasteiger partial charge in [0.25, 0.3) is 0 Å². The molecule has 1 saturated heterocycles. The summed E-state index contributed by atoms with van der Waals surface area (Å²) in [5, 5.41) is 7.00. The number of benzene rings is 2. The molecule has 4 rings (SSSR count). The van der Waals surface area contributed by atoms with Crippen molar-refractivity contribution in [3.8, 4) is 17.6 Å². The number of cyclic esters (lactones) is 1. The van der Waals surface area contributed by atoms with Gasteiger partial charge in [0, 0.05) is 43.1 Å². The summed E-state index contributed by atoms with van der Waals surface area (Å²) in [7, 11) is 1.00. The molecule has 1 fully saturated rings. The van der Waals surface area contributed by atoms with Crippen molar-refractivity contribution in [2.45, 2.75) is 58.7 Å². The Morgan fingerprint density at radius 2 is 1.69 bits per heavy atom. The molecule has 0 aromatic heterocycles. The number of hydrogen-bond acceptors (Lipinski definition) is 6. The summed E-state index contributed by atoms with van der Waals surface area (Å²) in [6.45, 7) is 5.91. The van der Waals surface area contributed by atoms with E-state index in [0.29, 0.717) is 18.4 Å². The fraction of sp³-hybridized carbons (Fsp3) is 0.379. The number of aryl methyl sites for hydroxylation is 1. The van der Waals surface area contributed by atoms with Crippen molar-refractivity contribution in [3.63, 3.8) is 0 Å². The monoisotopic (exact) mass is 476 g/mol. The van der Waals surface area contributed by atoms with E-state index in [9.17, 15) is 9.59 Å². The minimum atomic E-state index is -0.391. The normalized spacial score (nSPS) is 17.7. The van der Waals surface area contributed by atoms with Gasteiger partial charge in [-0.1, -0.05) is 35.1 Å². The summed E-state index contributed by atoms with van der Waals surface area (Å²) in [6.07, 6.45) is 1.61. The summed E-state index contributed by atoms with van der Waals surface area (Å²) in [6, 6.07) is 14.1. The Bertz CT molecular complexity index is 1150. The lowest BCUT2D eigenvalue weighted by Gasteiger charge is -2.12. The molecule has 2 unspecified atom stereocenters. The van der Waals surface area contributed by atoms with E-state index in [0.717, 1.165) is 41.5 Å². The molecular formula is C29H32O6. The van der Waals surface area contributed by atoms with Crippen LogP contribution in [-0.4, -0.2) is 43.0 Å². The van der Waals surface area contributed by atoms with Crippen LogP contribution in [0.5, 0.6) is 5.75 Å². The highest BCUT2D eigenvalue weighted by molar-refractivity contribution is 5.91. The summed E-state index contributed by atoms with van der Waals surface area (Å²) in [5.74, 6) is 6.64. The Hall–Kier alpha value is -3.56. The van der Waals surface area contributed by atoms with Crippen molar-refractivity contribution < 1.29 is 28.9 Å². The van der Waals surface area contributed by atoms with Crippen LogP contribution in [0.2, 0.25) is 0 Å². The van der Waals surface area contributed by atoms with E-state index in [1.165, 1.54) is 5.56 Å². The molecule has 35 heavy (non-hydrogen) atoms. The highest BCUT2D eigenvalue weighted by Gasteiger charge is 2.31. The Labute approximate surface area is 206 Å². The highest BCUT2D eigenvalue weighted by Crippen LogP contribution is 2.31. The van der Waals surface area contributed by atoms with Gasteiger partial charge in [0.15, 0.2) is 0 Å². The van der Waals surface area contributed by atoms with E-state index >= 15 is 0 Å². The molecule has 1 N–H and O–H groups in total. The van der Waals surface area contributed by atoms with E-state index in [2.05, 4.69) is 37.0 Å². The van der Waals surface area contributed by atoms with Gasteiger partial charge in [0.2, 0.25) is 0 Å². The van der Waals surface area contributed by atoms with Gasteiger partial charge in [-0.05, 0) is 63.1 Å². The van der Waals surface area contributed by atoms with Crippen LogP contribution < -0.4 is 4.74 Å². The highest BCUT2D eigenvalue weighted by atomic mass is 16.6. The van der Waals surface area contributed by atoms with Gasteiger partial charge in [0.05, 0.1) is 0 Å². The van der Waals surface area contributed by atoms with Crippen LogP contribution in [0.4, 0.5) is 0 Å². The largest absolute Gasteiger partial charge is 0.490 e. The number of fused-ring (bicyclic) bond motifs is 1. The van der Waals surface area contributed by atoms with Gasteiger partial charge < -0.3 is 19.3 Å². The van der Waals surface area contributed by atoms with Crippen LogP contribution in [0.25, 0.3) is 0 Å². The molecule has 0 saturated carbocycles. The smallest absolute Gasteiger partial charge is 0.334 e. The Morgan fingerprint density at radius 1 is 1.00 bits per heavy atom. The van der Waals surface area contributed by atoms with Gasteiger partial charge in [-0.15, -0.1) is 0 Å². The zero-order chi connectivity index (χ0) is 25.4. The van der Waals surface area contributed by atoms with Gasteiger partial charge >= 0.3 is 11.9 Å². The second-order valence-corrected chi connectivity index (χ2v) is 8.81. The second kappa shape index (κ2) is 12.2. The first kappa shape index (κ1) is 26.1. The molecule has 2 atom stereocenters. The fourth-order valence-electron chi connectivity index (χ4n) is 3.95. The average molecular weight is 477 g/mol. The fourth-order valence-corrected chi connectivity index (χ4v) is 3.95. The van der Waals surface area contributed by atoms with E-state index in [4.69, 9.17) is 19.3 Å². The van der Waals surface area contributed by atoms with E-state index in [1.807, 2.05) is 38.1 Å². The Kier molecular flexibility index (Phi) is 9.11. The zero-order valence-electron chi connectivity index (χ0n) is 20.7. The SMILES string of the molecule is CC(C)=C1CC(COC(=O)CCC2Cc3cc(C#Cc4ccc(C)cc4)ccc3O2)OC1=O.CO. The molecule has 2 aromatic carbocycles. The predicted octanol–water partition coefficient (Wildman–Crippen LogP) is 4.28. The lowest BCUT2D eigenvalue weighted by molar-refractivity contribution is -0.152. The second-order valence-electron chi connectivity index (χ2n) is 8.81. The third-order valence-electron chi connectivity index (χ3n) is 5.86. The number of carbonyl (C=O) groups excluding carboxylic acids is 2. The third-order valence-corrected chi connectivity index (χ3v) is 5.86. The van der Waals surface area contributed by atoms with Crippen molar-refractivity contribution in [3.05, 3.63) is 75.9 Å². The van der Waals surface area contributed by atoms with Gasteiger partial charge in [-0.25, -0.2) is 4.79 Å². The molecule has 0 amide bonds. The van der Waals surface area contributed by atoms with E-state index < -0.39 is 6.10 Å². The maximum absolute atomic E-state index is 12.2. The van der Waals surface area contributed by atoms with E-state index in [1.54, 1.807) is 0 Å². The molecule has 184 valence electrons. The summed E-state index contributed by atoms with van der Waals surface area (Å²) < 4.78 is 16.6. The first-order valence-electron chi connectivity index (χ1n) is 11.7. The standard InChI is InChI=1S/C28H28O5.CH4O/c1-18(2)25-16-24(33-28(25)30)17-31-27(29)13-11-23-15-22-14-21(10-12-26(22)32-23)9-8-20-6-4-19(3)5-7-20;1-2/h4-7,10,12,14,23-24H,11,13,15-17H2,1-3H3;2H,1H3. The third kappa shape index (κ3) is 7.21. The number of hydrogen-bond donors (Lipinski definition) is 1. The first-order valence-corrected chi connectivity index (χ1v) is 11.7. The molecule has 2 aromatic rings. The van der Waals surface area contributed by atoms with Gasteiger partial charge in [0.1, 0.15) is 24.6 Å². The molecule has 0 bridgehead atoms. The molecular weight excluding hydrogens is 444 g/mol. The van der Waals surface area contributed by atoms with Crippen LogP contribution in [0, 0.1) is 18.8 Å². The molecule has 0 aliphatic carbocycles. The van der Waals surface area contributed by atoms with Crippen LogP contribution in [-0.2, 0) is 25.5 Å². The lowest BCUT2D eigenvalue weighted by Crippen LogP contribution is -2.20. The number of ether oxygens (including phenoxy) is 3. The summed E-state index contributed by atoms with van der Waals surface area (Å²) in [4.78, 5) is 24.0. The molecule has 2 heterocycles. The van der Waals surface area contributed by atoms with Crippen molar-refractivity contribution in [2.24, 2.45) is 0 Å². The first-order chi connectivity index (χ1) is 16.9. The zero-order valence-corrected chi connectivity index (χ0v) is 20.7. The molecule has 0 radical (unpaired) electrons. The van der Waals surface area contributed by atoms with E-state index in [-0.39, 0.29) is 31.1 Å². The lowest BCUT2D eigenvalue weighted by atomic mass is 10.0. The van der Waals surface area contributed by atoms with Crippen molar-refractivity contribution in [1.82, 2.24) is 0 Å². The minimum absolute atomic E-state index is 0.0607. The summed E-state index contributed by atoms with van der Waals surface area (Å²) >= 11 is 0. The number of aliphatic hydroxyl groups is 1. The molecule has 2 aliphatic heterocycles. The van der Waals surface area contributed by atoms with Crippen molar-refractivity contribution in [2.75, 3.05) is 13.7 Å².